The maximum atomic E-state index is 4.76. The van der Waals surface area contributed by atoms with Gasteiger partial charge in [-0.15, -0.1) is 0 Å². The number of hydrogen-bond acceptors (Lipinski definition) is 8. The van der Waals surface area contributed by atoms with Gasteiger partial charge in [-0.2, -0.15) is 5.10 Å². The van der Waals surface area contributed by atoms with Crippen LogP contribution < -0.4 is 9.80 Å². The van der Waals surface area contributed by atoms with Gasteiger partial charge in [0.2, 0.25) is 0 Å². The van der Waals surface area contributed by atoms with Crippen LogP contribution in [0, 0.1) is 20.8 Å². The largest absolute Gasteiger partial charge is 0.353 e. The van der Waals surface area contributed by atoms with Gasteiger partial charge in [0.15, 0.2) is 10.8 Å². The Bertz CT molecular complexity index is 991. The number of thioether (sulfide) groups is 1. The predicted octanol–water partition coefficient (Wildman–Crippen LogP) is 2.13. The molecule has 0 radical (unpaired) electrons. The number of fused-ring (bicyclic) bond motifs is 1. The van der Waals surface area contributed by atoms with Crippen LogP contribution in [0.15, 0.2) is 11.4 Å². The van der Waals surface area contributed by atoms with Crippen LogP contribution in [0.5, 0.6) is 0 Å². The minimum atomic E-state index is 0.774. The van der Waals surface area contributed by atoms with E-state index in [0.717, 1.165) is 71.1 Å². The number of aromatic nitrogens is 6. The van der Waals surface area contributed by atoms with E-state index in [4.69, 9.17) is 9.97 Å². The molecule has 0 atom stereocenters. The first-order chi connectivity index (χ1) is 13.0. The maximum Gasteiger partial charge on any atom is 0.189 e. The van der Waals surface area contributed by atoms with E-state index < -0.39 is 0 Å². The minimum absolute atomic E-state index is 0.774. The third kappa shape index (κ3) is 3.20. The fourth-order valence-corrected chi connectivity index (χ4v) is 3.88. The van der Waals surface area contributed by atoms with E-state index in [-0.39, 0.29) is 0 Å². The highest BCUT2D eigenvalue weighted by molar-refractivity contribution is 7.98. The predicted molar refractivity (Wildman–Crippen MR) is 109 cm³/mol. The number of rotatable bonds is 3. The summed E-state index contributed by atoms with van der Waals surface area (Å²) in [5.74, 6) is 2.80. The summed E-state index contributed by atoms with van der Waals surface area (Å²) in [4.78, 5) is 23.2. The van der Waals surface area contributed by atoms with E-state index >= 15 is 0 Å². The van der Waals surface area contributed by atoms with E-state index in [1.807, 2.05) is 26.4 Å². The maximum absolute atomic E-state index is 4.76. The smallest absolute Gasteiger partial charge is 0.189 e. The lowest BCUT2D eigenvalue weighted by Gasteiger charge is -2.37. The van der Waals surface area contributed by atoms with Crippen molar-refractivity contribution in [1.82, 2.24) is 29.7 Å². The third-order valence-corrected chi connectivity index (χ3v) is 5.64. The van der Waals surface area contributed by atoms with Gasteiger partial charge in [-0.1, -0.05) is 11.8 Å². The van der Waals surface area contributed by atoms with Crippen molar-refractivity contribution in [3.63, 3.8) is 0 Å². The highest BCUT2D eigenvalue weighted by Gasteiger charge is 2.24. The molecule has 4 rings (SSSR count). The number of anilines is 2. The Morgan fingerprint density at radius 2 is 1.56 bits per heavy atom. The average Bonchev–Trinajstić information content (AvgIpc) is 3.04. The molecule has 0 unspecified atom stereocenters. The molecule has 27 heavy (non-hydrogen) atoms. The van der Waals surface area contributed by atoms with Crippen LogP contribution in [-0.2, 0) is 7.05 Å². The van der Waals surface area contributed by atoms with Crippen molar-refractivity contribution >= 4 is 34.4 Å². The summed E-state index contributed by atoms with van der Waals surface area (Å²) >= 11 is 1.59. The molecule has 8 nitrogen and oxygen atoms in total. The fourth-order valence-electron chi connectivity index (χ4n) is 3.47. The first kappa shape index (κ1) is 18.0. The second-order valence-corrected chi connectivity index (χ2v) is 7.59. The molecular weight excluding hydrogens is 360 g/mol. The van der Waals surface area contributed by atoms with E-state index in [9.17, 15) is 0 Å². The van der Waals surface area contributed by atoms with Crippen molar-refractivity contribution in [2.45, 2.75) is 25.9 Å². The lowest BCUT2D eigenvalue weighted by molar-refractivity contribution is 0.635. The molecule has 1 saturated heterocycles. The van der Waals surface area contributed by atoms with Gasteiger partial charge in [0.05, 0.1) is 11.6 Å². The zero-order valence-corrected chi connectivity index (χ0v) is 17.2. The highest BCUT2D eigenvalue weighted by Crippen LogP contribution is 2.27. The van der Waals surface area contributed by atoms with Gasteiger partial charge in [0.25, 0.3) is 0 Å². The topological polar surface area (TPSA) is 75.9 Å². The van der Waals surface area contributed by atoms with Gasteiger partial charge in [-0.3, -0.25) is 4.68 Å². The normalized spacial score (nSPS) is 15.0. The molecule has 142 valence electrons. The highest BCUT2D eigenvalue weighted by atomic mass is 32.2. The van der Waals surface area contributed by atoms with E-state index in [1.165, 1.54) is 0 Å². The zero-order chi connectivity index (χ0) is 19.1. The molecule has 0 spiro atoms. The Balaban J connectivity index is 1.59. The lowest BCUT2D eigenvalue weighted by atomic mass is 10.2. The Morgan fingerprint density at radius 1 is 0.889 bits per heavy atom. The monoisotopic (exact) mass is 384 g/mol. The number of aryl methyl sites for hydroxylation is 3. The average molecular weight is 385 g/mol. The number of hydrogen-bond donors (Lipinski definition) is 0. The van der Waals surface area contributed by atoms with Crippen molar-refractivity contribution in [3.05, 3.63) is 23.3 Å². The molecule has 1 aliphatic rings. The fraction of sp³-hybridized carbons (Fsp3) is 0.500. The quantitative estimate of drug-likeness (QED) is 0.502. The van der Waals surface area contributed by atoms with E-state index in [2.05, 4.69) is 38.7 Å². The van der Waals surface area contributed by atoms with Crippen LogP contribution in [0.4, 0.5) is 11.6 Å². The summed E-state index contributed by atoms with van der Waals surface area (Å²) in [5.41, 5.74) is 3.09. The van der Waals surface area contributed by atoms with Gasteiger partial charge in [0, 0.05) is 44.5 Å². The van der Waals surface area contributed by atoms with Crippen LogP contribution >= 0.6 is 11.8 Å². The lowest BCUT2D eigenvalue weighted by Crippen LogP contribution is -2.47. The van der Waals surface area contributed by atoms with E-state index in [1.54, 1.807) is 16.4 Å². The van der Waals surface area contributed by atoms with Gasteiger partial charge < -0.3 is 9.80 Å². The van der Waals surface area contributed by atoms with Crippen LogP contribution in [0.25, 0.3) is 11.0 Å². The van der Waals surface area contributed by atoms with E-state index in [0.29, 0.717) is 0 Å². The Morgan fingerprint density at radius 3 is 2.22 bits per heavy atom. The van der Waals surface area contributed by atoms with Gasteiger partial charge in [0.1, 0.15) is 17.5 Å². The van der Waals surface area contributed by atoms with Gasteiger partial charge in [-0.05, 0) is 27.0 Å². The van der Waals surface area contributed by atoms with Crippen LogP contribution in [0.1, 0.15) is 17.1 Å². The molecule has 3 aromatic rings. The van der Waals surface area contributed by atoms with Gasteiger partial charge in [-0.25, -0.2) is 19.9 Å². The summed E-state index contributed by atoms with van der Waals surface area (Å²) in [5, 5.41) is 6.20. The summed E-state index contributed by atoms with van der Waals surface area (Å²) < 4.78 is 1.81. The molecule has 0 amide bonds. The van der Waals surface area contributed by atoms with Crippen molar-refractivity contribution in [2.75, 3.05) is 42.2 Å². The van der Waals surface area contributed by atoms with Crippen LogP contribution in [0.3, 0.4) is 0 Å². The third-order valence-electron chi connectivity index (χ3n) is 5.09. The summed E-state index contributed by atoms with van der Waals surface area (Å²) in [6.07, 6.45) is 3.88. The van der Waals surface area contributed by atoms with Crippen molar-refractivity contribution < 1.29 is 0 Å². The molecular formula is C18H24N8S. The number of piperazine rings is 1. The zero-order valence-electron chi connectivity index (χ0n) is 16.4. The van der Waals surface area contributed by atoms with Crippen LogP contribution in [-0.4, -0.2) is 62.2 Å². The Kier molecular flexibility index (Phi) is 4.63. The van der Waals surface area contributed by atoms with Crippen LogP contribution in [0.2, 0.25) is 0 Å². The summed E-state index contributed by atoms with van der Waals surface area (Å²) in [6, 6.07) is 0. The second kappa shape index (κ2) is 6.95. The summed E-state index contributed by atoms with van der Waals surface area (Å²) in [7, 11) is 1.92. The molecule has 0 N–H and O–H groups in total. The van der Waals surface area contributed by atoms with Crippen molar-refractivity contribution in [1.29, 1.82) is 0 Å². The van der Waals surface area contributed by atoms with Crippen molar-refractivity contribution in [2.24, 2.45) is 7.05 Å². The molecule has 9 heteroatoms. The standard InChI is InChI=1S/C18H24N8S/c1-11-12(2)20-18(27-5)23-15(11)25-6-8-26(9-7-25)17-14-10-19-24(4)16(14)21-13(3)22-17/h10H,6-9H2,1-5H3. The Labute approximate surface area is 163 Å². The minimum Gasteiger partial charge on any atom is -0.353 e. The SMILES string of the molecule is CSc1nc(C)c(C)c(N2CCN(c3nc(C)nc4c3cnn4C)CC2)n1. The molecule has 3 aromatic heterocycles. The van der Waals surface area contributed by atoms with Gasteiger partial charge >= 0.3 is 0 Å². The van der Waals surface area contributed by atoms with Crippen molar-refractivity contribution in [3.8, 4) is 0 Å². The molecule has 0 aromatic carbocycles. The molecule has 0 aliphatic carbocycles. The number of nitrogens with zero attached hydrogens (tertiary/aromatic N) is 8. The molecule has 0 bridgehead atoms. The Hall–Kier alpha value is -2.42. The molecule has 1 fully saturated rings. The molecule has 0 saturated carbocycles. The first-order valence-electron chi connectivity index (χ1n) is 9.03. The molecule has 4 heterocycles. The molecule has 1 aliphatic heterocycles. The summed E-state index contributed by atoms with van der Waals surface area (Å²) in [6.45, 7) is 9.66. The first-order valence-corrected chi connectivity index (χ1v) is 10.3. The second-order valence-electron chi connectivity index (χ2n) is 6.82.